The van der Waals surface area contributed by atoms with Crippen LogP contribution in [0.25, 0.3) is 11.1 Å². The lowest BCUT2D eigenvalue weighted by atomic mass is 10.2. The molecule has 0 bridgehead atoms. The first kappa shape index (κ1) is 17.6. The molecule has 0 unspecified atom stereocenters. The number of oxazole rings is 1. The molecule has 0 amide bonds. The molecule has 0 atom stereocenters. The first-order chi connectivity index (χ1) is 13.8. The minimum absolute atomic E-state index is 0.340. The Morgan fingerprint density at radius 3 is 2.64 bits per heavy atom. The van der Waals surface area contributed by atoms with Crippen molar-refractivity contribution in [3.63, 3.8) is 0 Å². The van der Waals surface area contributed by atoms with E-state index in [9.17, 15) is 0 Å². The van der Waals surface area contributed by atoms with Crippen LogP contribution >= 0.6 is 0 Å². The maximum atomic E-state index is 5.87. The summed E-state index contributed by atoms with van der Waals surface area (Å²) in [6.07, 6.45) is 1.67. The van der Waals surface area contributed by atoms with Gasteiger partial charge in [0.15, 0.2) is 17.1 Å². The first-order valence-corrected chi connectivity index (χ1v) is 8.81. The van der Waals surface area contributed by atoms with Gasteiger partial charge in [0.2, 0.25) is 0 Å². The fourth-order valence-corrected chi connectivity index (χ4v) is 2.70. The van der Waals surface area contributed by atoms with Crippen LogP contribution in [0.2, 0.25) is 0 Å². The Hall–Kier alpha value is -3.80. The molecule has 0 saturated heterocycles. The Bertz CT molecular complexity index is 1060. The summed E-state index contributed by atoms with van der Waals surface area (Å²) in [6.45, 7) is 0.476. The van der Waals surface area contributed by atoms with Gasteiger partial charge in [-0.1, -0.05) is 42.5 Å². The van der Waals surface area contributed by atoms with Crippen molar-refractivity contribution in [3.8, 4) is 11.5 Å². The van der Waals surface area contributed by atoms with Crippen LogP contribution in [-0.2, 0) is 6.61 Å². The fraction of sp³-hybridized carbons (Fsp3) is 0.0909. The zero-order valence-corrected chi connectivity index (χ0v) is 15.3. The van der Waals surface area contributed by atoms with Gasteiger partial charge in [-0.15, -0.1) is 0 Å². The average molecular weight is 373 g/mol. The number of methoxy groups -OCH3 is 1. The SMILES string of the molecule is COc1cc(/C=N/Nc2nc3ccccc3o2)ccc1OCc1ccccc1. The number of hydrogen-bond donors (Lipinski definition) is 1. The molecule has 0 spiro atoms. The second-order valence-electron chi connectivity index (χ2n) is 6.04. The Balaban J connectivity index is 1.42. The van der Waals surface area contributed by atoms with E-state index in [0.717, 1.165) is 16.6 Å². The number of para-hydroxylation sites is 2. The Morgan fingerprint density at radius 1 is 1.00 bits per heavy atom. The van der Waals surface area contributed by atoms with E-state index in [1.807, 2.05) is 72.8 Å². The summed E-state index contributed by atoms with van der Waals surface area (Å²) in [7, 11) is 1.61. The smallest absolute Gasteiger partial charge is 0.316 e. The Morgan fingerprint density at radius 2 is 1.82 bits per heavy atom. The summed E-state index contributed by atoms with van der Waals surface area (Å²) in [5.74, 6) is 1.32. The summed E-state index contributed by atoms with van der Waals surface area (Å²) < 4.78 is 16.9. The number of fused-ring (bicyclic) bond motifs is 1. The monoisotopic (exact) mass is 373 g/mol. The third-order valence-corrected chi connectivity index (χ3v) is 4.09. The highest BCUT2D eigenvalue weighted by atomic mass is 16.5. The molecular formula is C22H19N3O3. The van der Waals surface area contributed by atoms with Gasteiger partial charge >= 0.3 is 6.01 Å². The van der Waals surface area contributed by atoms with Gasteiger partial charge in [-0.3, -0.25) is 0 Å². The van der Waals surface area contributed by atoms with Crippen molar-refractivity contribution in [1.82, 2.24) is 4.98 Å². The van der Waals surface area contributed by atoms with Gasteiger partial charge < -0.3 is 13.9 Å². The van der Waals surface area contributed by atoms with Gasteiger partial charge in [0.05, 0.1) is 13.3 Å². The molecule has 0 radical (unpaired) electrons. The highest BCUT2D eigenvalue weighted by Crippen LogP contribution is 2.28. The van der Waals surface area contributed by atoms with Crippen molar-refractivity contribution in [1.29, 1.82) is 0 Å². The van der Waals surface area contributed by atoms with Crippen LogP contribution in [-0.4, -0.2) is 18.3 Å². The van der Waals surface area contributed by atoms with Crippen LogP contribution in [0.3, 0.4) is 0 Å². The lowest BCUT2D eigenvalue weighted by Crippen LogP contribution is -1.98. The maximum absolute atomic E-state index is 5.87. The molecule has 3 aromatic carbocycles. The summed E-state index contributed by atoms with van der Waals surface area (Å²) in [5, 5.41) is 4.18. The molecule has 140 valence electrons. The predicted molar refractivity (Wildman–Crippen MR) is 109 cm³/mol. The maximum Gasteiger partial charge on any atom is 0.316 e. The zero-order valence-electron chi connectivity index (χ0n) is 15.3. The van der Waals surface area contributed by atoms with Gasteiger partial charge in [-0.05, 0) is 41.5 Å². The molecule has 6 heteroatoms. The number of benzene rings is 3. The van der Waals surface area contributed by atoms with E-state index in [0.29, 0.717) is 29.7 Å². The second kappa shape index (κ2) is 8.26. The van der Waals surface area contributed by atoms with E-state index < -0.39 is 0 Å². The number of rotatable bonds is 7. The lowest BCUT2D eigenvalue weighted by Gasteiger charge is -2.11. The molecular weight excluding hydrogens is 354 g/mol. The number of anilines is 1. The number of nitrogens with zero attached hydrogens (tertiary/aromatic N) is 2. The van der Waals surface area contributed by atoms with Crippen LogP contribution in [0.5, 0.6) is 11.5 Å². The molecule has 0 aliphatic carbocycles. The van der Waals surface area contributed by atoms with E-state index in [4.69, 9.17) is 13.9 Å². The van der Waals surface area contributed by atoms with Crippen molar-refractivity contribution in [2.24, 2.45) is 5.10 Å². The van der Waals surface area contributed by atoms with Crippen LogP contribution in [0.15, 0.2) is 82.3 Å². The minimum atomic E-state index is 0.340. The summed E-state index contributed by atoms with van der Waals surface area (Å²) in [4.78, 5) is 4.31. The third-order valence-electron chi connectivity index (χ3n) is 4.09. The lowest BCUT2D eigenvalue weighted by molar-refractivity contribution is 0.284. The molecule has 0 fully saturated rings. The van der Waals surface area contributed by atoms with Gasteiger partial charge in [-0.25, -0.2) is 5.43 Å². The zero-order chi connectivity index (χ0) is 19.2. The summed E-state index contributed by atoms with van der Waals surface area (Å²) in [6, 6.07) is 23.5. The molecule has 0 aliphatic heterocycles. The molecule has 6 nitrogen and oxygen atoms in total. The molecule has 4 rings (SSSR count). The number of hydrogen-bond acceptors (Lipinski definition) is 6. The average Bonchev–Trinajstić information content (AvgIpc) is 3.16. The van der Waals surface area contributed by atoms with Crippen LogP contribution in [0.1, 0.15) is 11.1 Å². The standard InChI is InChI=1S/C22H19N3O3/c1-26-21-13-17(11-12-20(21)27-15-16-7-3-2-4-8-16)14-23-25-22-24-18-9-5-6-10-19(18)28-22/h2-14H,15H2,1H3,(H,24,25)/b23-14+. The van der Waals surface area contributed by atoms with Crippen LogP contribution in [0, 0.1) is 0 Å². The number of nitrogens with one attached hydrogen (secondary N) is 1. The van der Waals surface area contributed by atoms with Gasteiger partial charge in [0.1, 0.15) is 12.1 Å². The number of ether oxygens (including phenoxy) is 2. The number of aromatic nitrogens is 1. The minimum Gasteiger partial charge on any atom is -0.493 e. The van der Waals surface area contributed by atoms with E-state index in [1.165, 1.54) is 0 Å². The van der Waals surface area contributed by atoms with Crippen molar-refractivity contribution in [2.75, 3.05) is 12.5 Å². The van der Waals surface area contributed by atoms with E-state index >= 15 is 0 Å². The molecule has 1 heterocycles. The highest BCUT2D eigenvalue weighted by molar-refractivity contribution is 5.81. The Kier molecular flexibility index (Phi) is 5.20. The third kappa shape index (κ3) is 4.12. The van der Waals surface area contributed by atoms with Gasteiger partial charge in [0.25, 0.3) is 0 Å². The molecule has 1 aromatic heterocycles. The van der Waals surface area contributed by atoms with Gasteiger partial charge in [0, 0.05) is 0 Å². The largest absolute Gasteiger partial charge is 0.493 e. The van der Waals surface area contributed by atoms with Crippen molar-refractivity contribution in [3.05, 3.63) is 83.9 Å². The molecule has 0 saturated carbocycles. The number of hydrazone groups is 1. The summed E-state index contributed by atoms with van der Waals surface area (Å²) in [5.41, 5.74) is 6.24. The first-order valence-electron chi connectivity index (χ1n) is 8.81. The molecule has 4 aromatic rings. The normalized spacial score (nSPS) is 11.0. The van der Waals surface area contributed by atoms with Crippen molar-refractivity contribution in [2.45, 2.75) is 6.61 Å². The van der Waals surface area contributed by atoms with E-state index in [-0.39, 0.29) is 0 Å². The van der Waals surface area contributed by atoms with Crippen LogP contribution < -0.4 is 14.9 Å². The van der Waals surface area contributed by atoms with Crippen molar-refractivity contribution < 1.29 is 13.9 Å². The molecule has 28 heavy (non-hydrogen) atoms. The second-order valence-corrected chi connectivity index (χ2v) is 6.04. The molecule has 1 N–H and O–H groups in total. The van der Waals surface area contributed by atoms with Gasteiger partial charge in [-0.2, -0.15) is 10.1 Å². The summed E-state index contributed by atoms with van der Waals surface area (Å²) >= 11 is 0. The van der Waals surface area contributed by atoms with Crippen LogP contribution in [0.4, 0.5) is 6.01 Å². The van der Waals surface area contributed by atoms with E-state index in [1.54, 1.807) is 13.3 Å². The quantitative estimate of drug-likeness (QED) is 0.370. The van der Waals surface area contributed by atoms with Crippen molar-refractivity contribution >= 4 is 23.3 Å². The topological polar surface area (TPSA) is 68.9 Å². The Labute approximate surface area is 162 Å². The molecule has 0 aliphatic rings. The predicted octanol–water partition coefficient (Wildman–Crippen LogP) is 4.86. The van der Waals surface area contributed by atoms with E-state index in [2.05, 4.69) is 15.5 Å². The highest BCUT2D eigenvalue weighted by Gasteiger charge is 2.06. The fourth-order valence-electron chi connectivity index (χ4n) is 2.70.